The Morgan fingerprint density at radius 2 is 1.31 bits per heavy atom. The lowest BCUT2D eigenvalue weighted by Gasteiger charge is -2.22. The summed E-state index contributed by atoms with van der Waals surface area (Å²) in [5.41, 5.74) is 13.0. The normalized spacial score (nSPS) is 15.4. The number of furan rings is 1. The van der Waals surface area contributed by atoms with Gasteiger partial charge in [0.15, 0.2) is 22.8 Å². The molecular weight excluding hydrogens is 735 g/mol. The van der Waals surface area contributed by atoms with Crippen LogP contribution in [0.5, 0.6) is 0 Å². The molecule has 0 radical (unpaired) electrons. The first kappa shape index (κ1) is 32.9. The highest BCUT2D eigenvalue weighted by Crippen LogP contribution is 2.53. The van der Waals surface area contributed by atoms with Crippen LogP contribution in [-0.2, 0) is 5.66 Å². The monoisotopic (exact) mass is 773 g/mol. The van der Waals surface area contributed by atoms with Gasteiger partial charge in [0, 0.05) is 27.4 Å². The molecular formula is C54H39N3OSi+2. The third-order valence-electron chi connectivity index (χ3n) is 13.2. The predicted molar refractivity (Wildman–Crippen MR) is 243 cm³/mol. The Balaban J connectivity index is 1.30. The molecule has 2 aliphatic rings. The van der Waals surface area contributed by atoms with E-state index in [1.54, 1.807) is 0 Å². The van der Waals surface area contributed by atoms with Gasteiger partial charge in [0.2, 0.25) is 5.69 Å². The van der Waals surface area contributed by atoms with Gasteiger partial charge in [-0.1, -0.05) is 129 Å². The fourth-order valence-corrected chi connectivity index (χ4v) is 11.6. The maximum atomic E-state index is 7.10. The molecule has 4 nitrogen and oxygen atoms in total. The minimum Gasteiger partial charge on any atom is -0.455 e. The van der Waals surface area contributed by atoms with Crippen LogP contribution in [0.3, 0.4) is 0 Å². The van der Waals surface area contributed by atoms with Crippen LogP contribution in [-0.4, -0.2) is 12.6 Å². The van der Waals surface area contributed by atoms with Crippen molar-refractivity contribution in [1.29, 1.82) is 0 Å². The number of rotatable bonds is 3. The van der Waals surface area contributed by atoms with Gasteiger partial charge in [-0.25, -0.2) is 0 Å². The largest absolute Gasteiger partial charge is 0.455 e. The van der Waals surface area contributed by atoms with E-state index in [1.807, 2.05) is 0 Å². The number of imidazole rings is 1. The number of fused-ring (bicyclic) bond motifs is 20. The third-order valence-corrected chi connectivity index (χ3v) is 15.2. The molecule has 0 saturated heterocycles. The third kappa shape index (κ3) is 4.22. The van der Waals surface area contributed by atoms with Crippen molar-refractivity contribution in [3.05, 3.63) is 193 Å². The molecule has 2 aliphatic heterocycles. The zero-order chi connectivity index (χ0) is 39.2. The zero-order valence-corrected chi connectivity index (χ0v) is 34.1. The van der Waals surface area contributed by atoms with Crippen LogP contribution in [0.25, 0.3) is 94.0 Å². The number of aromatic nitrogens is 3. The SMILES string of the molecule is C[Si](C)(C)c1ccc2[n+](c1)C1(c3ccccc3-2)c2ccc3c(oc4ccccc43)c2-c2n(-c3cccc(-c4ccccc4)c3)c3ccc4c5ccccc5ccc4c3[n+]21. The first-order chi connectivity index (χ1) is 28.9. The minimum atomic E-state index is -1.76. The Labute approximate surface area is 342 Å². The van der Waals surface area contributed by atoms with Crippen LogP contribution in [0.2, 0.25) is 19.6 Å². The van der Waals surface area contributed by atoms with Gasteiger partial charge in [-0.2, -0.15) is 4.57 Å². The number of hydrogen-bond acceptors (Lipinski definition) is 1. The second-order valence-electron chi connectivity index (χ2n) is 17.3. The van der Waals surface area contributed by atoms with Crippen molar-refractivity contribution in [3.63, 3.8) is 0 Å². The molecule has 278 valence electrons. The maximum Gasteiger partial charge on any atom is 0.364 e. The van der Waals surface area contributed by atoms with Crippen molar-refractivity contribution in [1.82, 2.24) is 4.57 Å². The fourth-order valence-electron chi connectivity index (χ4n) is 10.5. The Morgan fingerprint density at radius 1 is 0.559 bits per heavy atom. The molecule has 0 bridgehead atoms. The summed E-state index contributed by atoms with van der Waals surface area (Å²) in [7, 11) is -1.76. The Morgan fingerprint density at radius 3 is 2.19 bits per heavy atom. The van der Waals surface area contributed by atoms with Crippen molar-refractivity contribution in [2.75, 3.05) is 0 Å². The van der Waals surface area contributed by atoms with Gasteiger partial charge in [0.25, 0.3) is 0 Å². The quantitative estimate of drug-likeness (QED) is 0.0997. The number of nitrogens with zero attached hydrogens (tertiary/aromatic N) is 3. The van der Waals surface area contributed by atoms with E-state index < -0.39 is 13.7 Å². The predicted octanol–water partition coefficient (Wildman–Crippen LogP) is 11.9. The molecule has 59 heavy (non-hydrogen) atoms. The van der Waals surface area contributed by atoms with E-state index in [4.69, 9.17) is 4.42 Å². The summed E-state index contributed by atoms with van der Waals surface area (Å²) in [6, 6.07) is 65.0. The maximum absolute atomic E-state index is 7.10. The Hall–Kier alpha value is -7.08. The van der Waals surface area contributed by atoms with E-state index in [2.05, 4.69) is 215 Å². The Kier molecular flexibility index (Phi) is 6.44. The highest BCUT2D eigenvalue weighted by molar-refractivity contribution is 6.88. The molecule has 0 fully saturated rings. The molecule has 0 aliphatic carbocycles. The van der Waals surface area contributed by atoms with Crippen LogP contribution in [0.4, 0.5) is 0 Å². The second-order valence-corrected chi connectivity index (χ2v) is 22.4. The van der Waals surface area contributed by atoms with E-state index in [0.29, 0.717) is 0 Å². The number of pyridine rings is 1. The molecule has 0 N–H and O–H groups in total. The van der Waals surface area contributed by atoms with Crippen LogP contribution in [0.15, 0.2) is 187 Å². The number of para-hydroxylation sites is 1. The second kappa shape index (κ2) is 11.5. The van der Waals surface area contributed by atoms with Crippen LogP contribution in [0.1, 0.15) is 11.1 Å². The van der Waals surface area contributed by atoms with Crippen LogP contribution >= 0.6 is 0 Å². The molecule has 1 spiro atoms. The molecule has 8 aromatic carbocycles. The summed E-state index contributed by atoms with van der Waals surface area (Å²) in [6.45, 7) is 7.36. The summed E-state index contributed by atoms with van der Waals surface area (Å²) < 4.78 is 15.0. The van der Waals surface area contributed by atoms with Gasteiger partial charge >= 0.3 is 11.5 Å². The van der Waals surface area contributed by atoms with E-state index in [9.17, 15) is 0 Å². The van der Waals surface area contributed by atoms with E-state index >= 15 is 0 Å². The number of benzene rings is 8. The van der Waals surface area contributed by atoms with Crippen molar-refractivity contribution in [2.24, 2.45) is 0 Å². The van der Waals surface area contributed by atoms with Crippen molar-refractivity contribution in [2.45, 2.75) is 25.3 Å². The van der Waals surface area contributed by atoms with Crippen LogP contribution < -0.4 is 14.3 Å². The number of hydrogen-bond donors (Lipinski definition) is 0. The van der Waals surface area contributed by atoms with E-state index in [1.165, 1.54) is 65.8 Å². The average molecular weight is 774 g/mol. The topological polar surface area (TPSA) is 25.8 Å². The summed E-state index contributed by atoms with van der Waals surface area (Å²) >= 11 is 0. The smallest absolute Gasteiger partial charge is 0.364 e. The van der Waals surface area contributed by atoms with E-state index in [0.717, 1.165) is 44.5 Å². The van der Waals surface area contributed by atoms with Gasteiger partial charge in [-0.3, -0.25) is 0 Å². The summed E-state index contributed by atoms with van der Waals surface area (Å²) in [5, 5.41) is 8.64. The van der Waals surface area contributed by atoms with Gasteiger partial charge in [0.05, 0.1) is 24.8 Å². The van der Waals surface area contributed by atoms with E-state index in [-0.39, 0.29) is 0 Å². The highest BCUT2D eigenvalue weighted by Gasteiger charge is 2.67. The summed E-state index contributed by atoms with van der Waals surface area (Å²) in [6.07, 6.45) is 2.50. The highest BCUT2D eigenvalue weighted by atomic mass is 28.3. The lowest BCUT2D eigenvalue weighted by Crippen LogP contribution is -2.72. The lowest BCUT2D eigenvalue weighted by molar-refractivity contribution is -0.944. The fraction of sp³-hybridized carbons (Fsp3) is 0.0741. The first-order valence-electron chi connectivity index (χ1n) is 20.6. The van der Waals surface area contributed by atoms with Gasteiger partial charge in [-0.05, 0) is 87.9 Å². The molecule has 11 aromatic rings. The molecule has 0 saturated carbocycles. The van der Waals surface area contributed by atoms with Gasteiger partial charge in [0.1, 0.15) is 16.8 Å². The molecule has 3 aromatic heterocycles. The van der Waals surface area contributed by atoms with Crippen molar-refractivity contribution < 1.29 is 13.6 Å². The molecule has 1 atom stereocenters. The van der Waals surface area contributed by atoms with Gasteiger partial charge < -0.3 is 4.42 Å². The minimum absolute atomic E-state index is 0.764. The average Bonchev–Trinajstić information content (AvgIpc) is 3.99. The standard InChI is InChI=1S/C54H39N3OSi/c1-59(2,3)38-25-30-47-44-21-9-11-22-45(44)54(55(47)33-38)46-29-27-43-41-20-10-12-23-49(41)58-52(43)50(46)53-56(37-18-13-17-36(32-37)34-14-5-4-6-15-34)48-31-28-40-39-19-8-7-16-35(39)24-26-42(40)51(48)57(53)54/h4-33H,1-3H3/q+2. The Bertz CT molecular complexity index is 3610. The molecule has 1 unspecified atom stereocenters. The molecule has 5 heterocycles. The first-order valence-corrected chi connectivity index (χ1v) is 24.1. The van der Waals surface area contributed by atoms with Crippen LogP contribution in [0, 0.1) is 0 Å². The van der Waals surface area contributed by atoms with Crippen molar-refractivity contribution >= 4 is 67.8 Å². The molecule has 0 amide bonds. The summed E-state index contributed by atoms with van der Waals surface area (Å²) in [5.74, 6) is 1.11. The molecule has 13 rings (SSSR count). The van der Waals surface area contributed by atoms with Crippen molar-refractivity contribution in [3.8, 4) is 39.5 Å². The van der Waals surface area contributed by atoms with Gasteiger partial charge in [-0.15, -0.1) is 9.13 Å². The molecule has 5 heteroatoms. The zero-order valence-electron chi connectivity index (χ0n) is 33.1. The lowest BCUT2D eigenvalue weighted by atomic mass is 9.88. The summed E-state index contributed by atoms with van der Waals surface area (Å²) in [4.78, 5) is 0.